The molecule has 0 aliphatic heterocycles. The fourth-order valence-corrected chi connectivity index (χ4v) is 1.50. The number of benzene rings is 1. The van der Waals surface area contributed by atoms with Crippen LogP contribution >= 0.6 is 0 Å². The summed E-state index contributed by atoms with van der Waals surface area (Å²) in [6, 6.07) is 4.98. The number of phenolic OH excluding ortho intramolecular Hbond substituents is 1. The van der Waals surface area contributed by atoms with Crippen LogP contribution in [0.15, 0.2) is 22.7 Å². The van der Waals surface area contributed by atoms with Gasteiger partial charge in [0.15, 0.2) is 5.82 Å². The topological polar surface area (TPSA) is 85.2 Å². The number of aryl methyl sites for hydroxylation is 1. The average molecular weight is 245 g/mol. The highest BCUT2D eigenvalue weighted by Gasteiger charge is 2.02. The van der Waals surface area contributed by atoms with E-state index in [9.17, 15) is 5.11 Å². The van der Waals surface area contributed by atoms with E-state index in [1.54, 1.807) is 30.4 Å². The van der Waals surface area contributed by atoms with E-state index in [1.165, 1.54) is 0 Å². The molecule has 2 rings (SSSR count). The second-order valence-corrected chi connectivity index (χ2v) is 3.95. The summed E-state index contributed by atoms with van der Waals surface area (Å²) in [7, 11) is 0. The van der Waals surface area contributed by atoms with Gasteiger partial charge in [-0.05, 0) is 30.2 Å². The van der Waals surface area contributed by atoms with Crippen molar-refractivity contribution in [2.24, 2.45) is 0 Å². The minimum atomic E-state index is 0.0789. The van der Waals surface area contributed by atoms with Gasteiger partial charge in [-0.15, -0.1) is 0 Å². The molecular formula is C13H15N3O2. The molecule has 0 unspecified atom stereocenters. The van der Waals surface area contributed by atoms with Crippen LogP contribution in [0.5, 0.6) is 5.75 Å². The van der Waals surface area contributed by atoms with Crippen molar-refractivity contribution in [3.63, 3.8) is 0 Å². The zero-order valence-corrected chi connectivity index (χ0v) is 10.1. The number of hydrogen-bond acceptors (Lipinski definition) is 5. The minimum Gasteiger partial charge on any atom is -0.506 e. The Kier molecular flexibility index (Phi) is 3.62. The largest absolute Gasteiger partial charge is 0.506 e. The average Bonchev–Trinajstić information content (AvgIpc) is 2.79. The van der Waals surface area contributed by atoms with E-state index in [-0.39, 0.29) is 5.75 Å². The Balaban J connectivity index is 2.11. The van der Waals surface area contributed by atoms with Crippen molar-refractivity contribution in [2.45, 2.75) is 19.8 Å². The molecule has 0 spiro atoms. The number of hydrogen-bond donors (Lipinski definition) is 2. The second-order valence-electron chi connectivity index (χ2n) is 3.95. The number of rotatable bonds is 4. The molecule has 0 saturated heterocycles. The summed E-state index contributed by atoms with van der Waals surface area (Å²) in [6.07, 6.45) is 5.32. The van der Waals surface area contributed by atoms with E-state index in [0.717, 1.165) is 18.4 Å². The van der Waals surface area contributed by atoms with Gasteiger partial charge in [-0.25, -0.2) is 0 Å². The molecule has 1 heterocycles. The predicted molar refractivity (Wildman–Crippen MR) is 69.7 cm³/mol. The first-order valence-corrected chi connectivity index (χ1v) is 5.78. The van der Waals surface area contributed by atoms with Crippen molar-refractivity contribution >= 4 is 17.8 Å². The number of nitrogens with zero attached hydrogens (tertiary/aromatic N) is 2. The second kappa shape index (κ2) is 5.35. The van der Waals surface area contributed by atoms with Crippen molar-refractivity contribution < 1.29 is 9.63 Å². The lowest BCUT2D eigenvalue weighted by Crippen LogP contribution is -1.86. The number of nitrogens with two attached hydrogens (primary N) is 1. The molecular weight excluding hydrogens is 230 g/mol. The van der Waals surface area contributed by atoms with Crippen LogP contribution in [0.25, 0.3) is 12.2 Å². The molecule has 3 N–H and O–H groups in total. The van der Waals surface area contributed by atoms with Crippen molar-refractivity contribution in [2.75, 3.05) is 5.73 Å². The summed E-state index contributed by atoms with van der Waals surface area (Å²) in [4.78, 5) is 4.21. The summed E-state index contributed by atoms with van der Waals surface area (Å²) in [5, 5.41) is 13.1. The summed E-state index contributed by atoms with van der Waals surface area (Å²) < 4.78 is 5.06. The molecule has 5 nitrogen and oxygen atoms in total. The SMILES string of the molecule is CCCc1noc(/C=C/c2ccc(O)c(N)c2)n1. The van der Waals surface area contributed by atoms with E-state index in [4.69, 9.17) is 10.3 Å². The molecule has 0 radical (unpaired) electrons. The quantitative estimate of drug-likeness (QED) is 0.638. The molecule has 0 fully saturated rings. The molecule has 0 aliphatic carbocycles. The van der Waals surface area contributed by atoms with Gasteiger partial charge in [0.05, 0.1) is 5.69 Å². The zero-order valence-electron chi connectivity index (χ0n) is 10.1. The van der Waals surface area contributed by atoms with E-state index in [0.29, 0.717) is 17.4 Å². The summed E-state index contributed by atoms with van der Waals surface area (Å²) >= 11 is 0. The standard InChI is InChI=1S/C13H15N3O2/c1-2-3-12-15-13(18-16-12)7-5-9-4-6-11(17)10(14)8-9/h4-8,17H,2-3,14H2,1H3/b7-5+. The Labute approximate surface area is 105 Å². The molecule has 1 aromatic heterocycles. The van der Waals surface area contributed by atoms with Gasteiger partial charge in [0.2, 0.25) is 0 Å². The Morgan fingerprint density at radius 2 is 2.22 bits per heavy atom. The maximum absolute atomic E-state index is 9.30. The van der Waals surface area contributed by atoms with Gasteiger partial charge in [0.25, 0.3) is 5.89 Å². The van der Waals surface area contributed by atoms with Crippen LogP contribution in [-0.4, -0.2) is 15.2 Å². The highest BCUT2D eigenvalue weighted by atomic mass is 16.5. The number of anilines is 1. The van der Waals surface area contributed by atoms with Crippen LogP contribution in [0, 0.1) is 0 Å². The van der Waals surface area contributed by atoms with Crippen LogP contribution in [0.2, 0.25) is 0 Å². The first-order valence-electron chi connectivity index (χ1n) is 5.78. The van der Waals surface area contributed by atoms with Gasteiger partial charge in [-0.3, -0.25) is 0 Å². The van der Waals surface area contributed by atoms with Gasteiger partial charge < -0.3 is 15.4 Å². The third-order valence-electron chi connectivity index (χ3n) is 2.43. The highest BCUT2D eigenvalue weighted by molar-refractivity contribution is 5.69. The van der Waals surface area contributed by atoms with Crippen LogP contribution in [0.4, 0.5) is 5.69 Å². The van der Waals surface area contributed by atoms with Gasteiger partial charge in [-0.2, -0.15) is 4.98 Å². The van der Waals surface area contributed by atoms with Crippen molar-refractivity contribution in [1.82, 2.24) is 10.1 Å². The van der Waals surface area contributed by atoms with E-state index < -0.39 is 0 Å². The lowest BCUT2D eigenvalue weighted by molar-refractivity contribution is 0.403. The number of aromatic nitrogens is 2. The highest BCUT2D eigenvalue weighted by Crippen LogP contribution is 2.21. The van der Waals surface area contributed by atoms with Gasteiger partial charge >= 0.3 is 0 Å². The van der Waals surface area contributed by atoms with E-state index in [1.807, 2.05) is 0 Å². The third-order valence-corrected chi connectivity index (χ3v) is 2.43. The smallest absolute Gasteiger partial charge is 0.250 e. The Bertz CT molecular complexity index is 561. The molecule has 0 saturated carbocycles. The van der Waals surface area contributed by atoms with Crippen molar-refractivity contribution in [3.8, 4) is 5.75 Å². The minimum absolute atomic E-state index is 0.0789. The van der Waals surface area contributed by atoms with Crippen LogP contribution < -0.4 is 5.73 Å². The van der Waals surface area contributed by atoms with Gasteiger partial charge in [-0.1, -0.05) is 18.1 Å². The number of phenols is 1. The molecule has 0 bridgehead atoms. The van der Waals surface area contributed by atoms with Crippen LogP contribution in [0.1, 0.15) is 30.6 Å². The summed E-state index contributed by atoms with van der Waals surface area (Å²) in [6.45, 7) is 2.06. The van der Waals surface area contributed by atoms with Gasteiger partial charge in [0, 0.05) is 12.5 Å². The molecule has 1 aromatic carbocycles. The first kappa shape index (κ1) is 12.2. The Hall–Kier alpha value is -2.30. The molecule has 5 heteroatoms. The fraction of sp³-hybridized carbons (Fsp3) is 0.231. The number of aromatic hydroxyl groups is 1. The molecule has 2 aromatic rings. The summed E-state index contributed by atoms with van der Waals surface area (Å²) in [5.74, 6) is 1.25. The Morgan fingerprint density at radius 3 is 2.94 bits per heavy atom. The molecule has 94 valence electrons. The third kappa shape index (κ3) is 2.88. The lowest BCUT2D eigenvalue weighted by Gasteiger charge is -1.98. The van der Waals surface area contributed by atoms with Crippen LogP contribution in [0.3, 0.4) is 0 Å². The maximum Gasteiger partial charge on any atom is 0.250 e. The van der Waals surface area contributed by atoms with Crippen molar-refractivity contribution in [3.05, 3.63) is 35.5 Å². The predicted octanol–water partition coefficient (Wildman–Crippen LogP) is 2.48. The van der Waals surface area contributed by atoms with Crippen LogP contribution in [-0.2, 0) is 6.42 Å². The lowest BCUT2D eigenvalue weighted by atomic mass is 10.2. The molecule has 0 amide bonds. The monoisotopic (exact) mass is 245 g/mol. The fourth-order valence-electron chi connectivity index (χ4n) is 1.50. The zero-order chi connectivity index (χ0) is 13.0. The van der Waals surface area contributed by atoms with E-state index in [2.05, 4.69) is 17.1 Å². The van der Waals surface area contributed by atoms with Crippen molar-refractivity contribution in [1.29, 1.82) is 0 Å². The molecule has 0 atom stereocenters. The van der Waals surface area contributed by atoms with Gasteiger partial charge in [0.1, 0.15) is 5.75 Å². The normalized spacial score (nSPS) is 11.2. The first-order chi connectivity index (χ1) is 8.69. The summed E-state index contributed by atoms with van der Waals surface area (Å²) in [5.41, 5.74) is 6.80. The van der Waals surface area contributed by atoms with E-state index >= 15 is 0 Å². The number of nitrogen functional groups attached to an aromatic ring is 1. The molecule has 18 heavy (non-hydrogen) atoms. The Morgan fingerprint density at radius 1 is 1.39 bits per heavy atom. The molecule has 0 aliphatic rings. The maximum atomic E-state index is 9.30.